The molecule has 1 aromatic rings. The van der Waals surface area contributed by atoms with Crippen LogP contribution in [0.3, 0.4) is 0 Å². The maximum Gasteiger partial charge on any atom is 0.223 e. The van der Waals surface area contributed by atoms with Crippen molar-refractivity contribution in [3.8, 4) is 0 Å². The second kappa shape index (κ2) is 8.36. The van der Waals surface area contributed by atoms with Gasteiger partial charge in [0.2, 0.25) is 5.91 Å². The summed E-state index contributed by atoms with van der Waals surface area (Å²) in [5, 5.41) is 0.805. The van der Waals surface area contributed by atoms with Gasteiger partial charge < -0.3 is 10.6 Å². The fourth-order valence-electron chi connectivity index (χ4n) is 3.95. The number of carbonyl (C=O) groups excluding carboxylic acids is 1. The summed E-state index contributed by atoms with van der Waals surface area (Å²) < 4.78 is 0. The maximum atomic E-state index is 12.7. The van der Waals surface area contributed by atoms with Gasteiger partial charge in [-0.1, -0.05) is 36.2 Å². The first kappa shape index (κ1) is 18.6. The summed E-state index contributed by atoms with van der Waals surface area (Å²) >= 11 is 6.27. The molecule has 1 saturated carbocycles. The molecule has 2 fully saturated rings. The van der Waals surface area contributed by atoms with E-state index in [-0.39, 0.29) is 24.4 Å². The van der Waals surface area contributed by atoms with Gasteiger partial charge in [-0.2, -0.15) is 0 Å². The Balaban J connectivity index is 0.00000192. The van der Waals surface area contributed by atoms with Crippen molar-refractivity contribution in [3.05, 3.63) is 34.9 Å². The van der Waals surface area contributed by atoms with E-state index in [4.69, 9.17) is 17.3 Å². The molecule has 1 heterocycles. The van der Waals surface area contributed by atoms with Gasteiger partial charge in [0.05, 0.1) is 0 Å². The molecule has 0 radical (unpaired) electrons. The van der Waals surface area contributed by atoms with Gasteiger partial charge in [0.15, 0.2) is 0 Å². The summed E-state index contributed by atoms with van der Waals surface area (Å²) in [6.07, 6.45) is 7.01. The van der Waals surface area contributed by atoms with E-state index in [1.54, 1.807) is 0 Å². The fourth-order valence-corrected chi connectivity index (χ4v) is 4.17. The van der Waals surface area contributed by atoms with Gasteiger partial charge in [-0.3, -0.25) is 4.79 Å². The van der Waals surface area contributed by atoms with Crippen molar-refractivity contribution in [2.75, 3.05) is 6.54 Å². The summed E-state index contributed by atoms with van der Waals surface area (Å²) in [7, 11) is 0. The van der Waals surface area contributed by atoms with Crippen molar-refractivity contribution < 1.29 is 4.79 Å². The van der Waals surface area contributed by atoms with Crippen LogP contribution in [0, 0.1) is 5.92 Å². The van der Waals surface area contributed by atoms with Gasteiger partial charge >= 0.3 is 0 Å². The molecule has 1 aromatic carbocycles. The summed E-state index contributed by atoms with van der Waals surface area (Å²) in [5.74, 6) is 0.672. The number of nitrogens with zero attached hydrogens (tertiary/aromatic N) is 1. The first-order chi connectivity index (χ1) is 10.6. The molecule has 1 aliphatic carbocycles. The smallest absolute Gasteiger partial charge is 0.223 e. The molecule has 0 bridgehead atoms. The molecule has 2 aliphatic rings. The number of amides is 1. The van der Waals surface area contributed by atoms with Crippen LogP contribution in [0.1, 0.15) is 44.1 Å². The number of rotatable bonds is 4. The topological polar surface area (TPSA) is 46.3 Å². The third-order valence-electron chi connectivity index (χ3n) is 5.27. The summed E-state index contributed by atoms with van der Waals surface area (Å²) in [6, 6.07) is 8.47. The Morgan fingerprint density at radius 1 is 1.22 bits per heavy atom. The summed E-state index contributed by atoms with van der Waals surface area (Å²) in [6.45, 7) is 0.885. The zero-order valence-electron chi connectivity index (χ0n) is 13.4. The second-order valence-corrected chi connectivity index (χ2v) is 7.14. The average Bonchev–Trinajstić information content (AvgIpc) is 3.11. The summed E-state index contributed by atoms with van der Waals surface area (Å²) in [5.41, 5.74) is 7.26. The van der Waals surface area contributed by atoms with Crippen LogP contribution in [-0.2, 0) is 11.2 Å². The van der Waals surface area contributed by atoms with Crippen molar-refractivity contribution in [1.29, 1.82) is 0 Å². The maximum absolute atomic E-state index is 12.7. The molecule has 5 heteroatoms. The van der Waals surface area contributed by atoms with Crippen molar-refractivity contribution in [2.45, 2.75) is 57.0 Å². The number of nitrogens with two attached hydrogens (primary N) is 1. The zero-order valence-corrected chi connectivity index (χ0v) is 15.0. The Labute approximate surface area is 150 Å². The van der Waals surface area contributed by atoms with Gasteiger partial charge in [0, 0.05) is 30.1 Å². The van der Waals surface area contributed by atoms with Crippen LogP contribution in [0.2, 0.25) is 5.02 Å². The molecule has 1 aliphatic heterocycles. The zero-order chi connectivity index (χ0) is 15.5. The predicted octanol–water partition coefficient (Wildman–Crippen LogP) is 3.81. The number of benzene rings is 1. The van der Waals surface area contributed by atoms with Crippen LogP contribution >= 0.6 is 24.0 Å². The molecule has 23 heavy (non-hydrogen) atoms. The fraction of sp³-hybridized carbons (Fsp3) is 0.611. The predicted molar refractivity (Wildman–Crippen MR) is 97.1 cm³/mol. The number of carbonyl (C=O) groups is 1. The lowest BCUT2D eigenvalue weighted by atomic mass is 9.98. The minimum Gasteiger partial charge on any atom is -0.339 e. The standard InChI is InChI=1S/C18H25ClN2O.ClH/c19-16-8-2-1-5-13(16)11-15-7-4-10-21(15)18(22)12-14-6-3-9-17(14)20;/h1-2,5,8,14-15,17H,3-4,6-7,9-12,20H2;1H/t14-,15?,17+;/m0./s1. The van der Waals surface area contributed by atoms with Crippen LogP contribution < -0.4 is 5.73 Å². The highest BCUT2D eigenvalue weighted by atomic mass is 35.5. The molecule has 3 rings (SSSR count). The average molecular weight is 357 g/mol. The highest BCUT2D eigenvalue weighted by Gasteiger charge is 2.33. The van der Waals surface area contributed by atoms with E-state index >= 15 is 0 Å². The number of hydrogen-bond acceptors (Lipinski definition) is 2. The number of likely N-dealkylation sites (tertiary alicyclic amines) is 1. The lowest BCUT2D eigenvalue weighted by molar-refractivity contribution is -0.133. The quantitative estimate of drug-likeness (QED) is 0.891. The second-order valence-electron chi connectivity index (χ2n) is 6.74. The van der Waals surface area contributed by atoms with Crippen LogP contribution in [0.4, 0.5) is 0 Å². The lowest BCUT2D eigenvalue weighted by Crippen LogP contribution is -2.39. The Morgan fingerprint density at radius 3 is 2.70 bits per heavy atom. The molecule has 1 amide bonds. The van der Waals surface area contributed by atoms with Crippen molar-refractivity contribution in [2.24, 2.45) is 11.7 Å². The van der Waals surface area contributed by atoms with E-state index in [2.05, 4.69) is 11.0 Å². The molecule has 2 N–H and O–H groups in total. The first-order valence-corrected chi connectivity index (χ1v) is 8.81. The number of hydrogen-bond donors (Lipinski definition) is 1. The van der Waals surface area contributed by atoms with Crippen LogP contribution in [0.5, 0.6) is 0 Å². The molecule has 1 saturated heterocycles. The van der Waals surface area contributed by atoms with E-state index in [9.17, 15) is 4.79 Å². The van der Waals surface area contributed by atoms with Crippen molar-refractivity contribution in [1.82, 2.24) is 4.90 Å². The molecule has 3 atom stereocenters. The van der Waals surface area contributed by atoms with Gasteiger partial charge in [-0.25, -0.2) is 0 Å². The normalized spacial score (nSPS) is 27.0. The van der Waals surface area contributed by atoms with E-state index < -0.39 is 0 Å². The Hall–Kier alpha value is -0.770. The Kier molecular flexibility index (Phi) is 6.75. The van der Waals surface area contributed by atoms with Crippen molar-refractivity contribution >= 4 is 29.9 Å². The SMILES string of the molecule is Cl.N[C@@H]1CCC[C@H]1CC(=O)N1CCCC1Cc1ccccc1Cl. The third kappa shape index (κ3) is 4.40. The van der Waals surface area contributed by atoms with E-state index in [1.807, 2.05) is 18.2 Å². The highest BCUT2D eigenvalue weighted by molar-refractivity contribution is 6.31. The molecular formula is C18H26Cl2N2O. The highest BCUT2D eigenvalue weighted by Crippen LogP contribution is 2.30. The Bertz CT molecular complexity index is 538. The van der Waals surface area contributed by atoms with E-state index in [0.717, 1.165) is 49.2 Å². The minimum absolute atomic E-state index is 0. The first-order valence-electron chi connectivity index (χ1n) is 8.43. The lowest BCUT2D eigenvalue weighted by Gasteiger charge is -2.27. The number of halogens is 2. The van der Waals surface area contributed by atoms with Crippen LogP contribution in [-0.4, -0.2) is 29.4 Å². The van der Waals surface area contributed by atoms with E-state index in [1.165, 1.54) is 6.42 Å². The Morgan fingerprint density at radius 2 is 2.00 bits per heavy atom. The molecule has 0 aromatic heterocycles. The minimum atomic E-state index is 0. The van der Waals surface area contributed by atoms with Crippen LogP contribution in [0.15, 0.2) is 24.3 Å². The summed E-state index contributed by atoms with van der Waals surface area (Å²) in [4.78, 5) is 14.7. The van der Waals surface area contributed by atoms with Gasteiger partial charge in [0.1, 0.15) is 0 Å². The van der Waals surface area contributed by atoms with Gasteiger partial charge in [-0.15, -0.1) is 12.4 Å². The van der Waals surface area contributed by atoms with Gasteiger partial charge in [-0.05, 0) is 49.7 Å². The van der Waals surface area contributed by atoms with E-state index in [0.29, 0.717) is 18.4 Å². The molecule has 1 unspecified atom stereocenters. The molecule has 128 valence electrons. The van der Waals surface area contributed by atoms with Crippen LogP contribution in [0.25, 0.3) is 0 Å². The third-order valence-corrected chi connectivity index (χ3v) is 5.63. The van der Waals surface area contributed by atoms with Crippen molar-refractivity contribution in [3.63, 3.8) is 0 Å². The molecule has 3 nitrogen and oxygen atoms in total. The monoisotopic (exact) mass is 356 g/mol. The largest absolute Gasteiger partial charge is 0.339 e. The van der Waals surface area contributed by atoms with Gasteiger partial charge in [0.25, 0.3) is 0 Å². The molecule has 0 spiro atoms. The molecular weight excluding hydrogens is 331 g/mol.